The first kappa shape index (κ1) is 21.0. The van der Waals surface area contributed by atoms with Crippen LogP contribution in [-0.2, 0) is 9.53 Å². The van der Waals surface area contributed by atoms with Crippen molar-refractivity contribution in [1.82, 2.24) is 10.9 Å². The lowest BCUT2D eigenvalue weighted by molar-refractivity contribution is -0.123. The van der Waals surface area contributed by atoms with E-state index >= 15 is 0 Å². The summed E-state index contributed by atoms with van der Waals surface area (Å²) in [5.74, 6) is -0.0403. The fraction of sp³-hybridized carbons (Fsp3) is 0.222. The summed E-state index contributed by atoms with van der Waals surface area (Å²) in [6.45, 7) is 0.555. The molecule has 0 aliphatic heterocycles. The Morgan fingerprint density at radius 3 is 2.52 bits per heavy atom. The number of hydrogen-bond acceptors (Lipinski definition) is 5. The average Bonchev–Trinajstić information content (AvgIpc) is 2.66. The van der Waals surface area contributed by atoms with Gasteiger partial charge in [0.05, 0.1) is 16.1 Å². The zero-order chi connectivity index (χ0) is 19.6. The Morgan fingerprint density at radius 2 is 1.81 bits per heavy atom. The molecule has 0 saturated carbocycles. The number of para-hydroxylation sites is 1. The lowest BCUT2D eigenvalue weighted by atomic mass is 10.2. The van der Waals surface area contributed by atoms with E-state index in [1.807, 2.05) is 0 Å². The van der Waals surface area contributed by atoms with E-state index in [9.17, 15) is 9.59 Å². The monoisotopic (exact) mass is 456 g/mol. The van der Waals surface area contributed by atoms with Crippen LogP contribution in [0.15, 0.2) is 46.9 Å². The molecule has 2 amide bonds. The first-order chi connectivity index (χ1) is 13.0. The van der Waals surface area contributed by atoms with Gasteiger partial charge in [-0.25, -0.2) is 0 Å². The van der Waals surface area contributed by atoms with Crippen molar-refractivity contribution < 1.29 is 23.8 Å². The first-order valence-electron chi connectivity index (χ1n) is 7.89. The molecule has 0 aliphatic carbocycles. The maximum Gasteiger partial charge on any atom is 0.276 e. The Hall–Kier alpha value is -2.29. The number of rotatable bonds is 8. The molecule has 0 aromatic heterocycles. The third-order valence-corrected chi connectivity index (χ3v) is 4.18. The number of carbonyl (C=O) groups is 2. The zero-order valence-electron chi connectivity index (χ0n) is 14.5. The molecule has 0 heterocycles. The summed E-state index contributed by atoms with van der Waals surface area (Å²) < 4.78 is 16.3. The Morgan fingerprint density at radius 1 is 1.04 bits per heavy atom. The van der Waals surface area contributed by atoms with E-state index in [1.165, 1.54) is 0 Å². The Bertz CT molecular complexity index is 803. The van der Waals surface area contributed by atoms with Gasteiger partial charge in [-0.3, -0.25) is 20.4 Å². The molecule has 0 spiro atoms. The molecule has 2 aromatic carbocycles. The molecule has 0 atom stereocenters. The average molecular weight is 458 g/mol. The van der Waals surface area contributed by atoms with Crippen LogP contribution < -0.4 is 20.3 Å². The normalized spacial score (nSPS) is 10.2. The maximum absolute atomic E-state index is 12.1. The lowest BCUT2D eigenvalue weighted by Crippen LogP contribution is -2.43. The fourth-order valence-electron chi connectivity index (χ4n) is 1.93. The van der Waals surface area contributed by atoms with Crippen LogP contribution in [0, 0.1) is 0 Å². The number of ether oxygens (including phenoxy) is 3. The molecule has 2 rings (SSSR count). The van der Waals surface area contributed by atoms with Crippen molar-refractivity contribution in [2.45, 2.75) is 0 Å². The summed E-state index contributed by atoms with van der Waals surface area (Å²) in [6, 6.07) is 11.6. The predicted octanol–water partition coefficient (Wildman–Crippen LogP) is 2.97. The molecule has 0 radical (unpaired) electrons. The summed E-state index contributed by atoms with van der Waals surface area (Å²) in [6.07, 6.45) is 0. The number of methoxy groups -OCH3 is 1. The SMILES string of the molecule is COCCOc1ccc(C(=O)NNC(=O)COc2ccccc2Cl)cc1Br. The van der Waals surface area contributed by atoms with Crippen LogP contribution in [-0.4, -0.2) is 38.7 Å². The van der Waals surface area contributed by atoms with Gasteiger partial charge >= 0.3 is 0 Å². The summed E-state index contributed by atoms with van der Waals surface area (Å²) in [5, 5.41) is 0.395. The topological polar surface area (TPSA) is 85.9 Å². The molecule has 0 fully saturated rings. The molecule has 9 heteroatoms. The van der Waals surface area contributed by atoms with Crippen molar-refractivity contribution in [2.24, 2.45) is 0 Å². The summed E-state index contributed by atoms with van der Waals surface area (Å²) >= 11 is 9.27. The number of hydrogen-bond donors (Lipinski definition) is 2. The van der Waals surface area contributed by atoms with E-state index in [0.29, 0.717) is 39.8 Å². The smallest absolute Gasteiger partial charge is 0.276 e. The molecule has 144 valence electrons. The molecule has 27 heavy (non-hydrogen) atoms. The minimum absolute atomic E-state index is 0.292. The number of halogens is 2. The quantitative estimate of drug-likeness (QED) is 0.470. The van der Waals surface area contributed by atoms with Gasteiger partial charge in [0.25, 0.3) is 11.8 Å². The van der Waals surface area contributed by atoms with Gasteiger partial charge in [0.15, 0.2) is 6.61 Å². The van der Waals surface area contributed by atoms with Gasteiger partial charge in [-0.2, -0.15) is 0 Å². The van der Waals surface area contributed by atoms with Crippen LogP contribution in [0.25, 0.3) is 0 Å². The second-order valence-electron chi connectivity index (χ2n) is 5.21. The van der Waals surface area contributed by atoms with Gasteiger partial charge in [-0.1, -0.05) is 23.7 Å². The van der Waals surface area contributed by atoms with Crippen LogP contribution >= 0.6 is 27.5 Å². The van der Waals surface area contributed by atoms with Gasteiger partial charge in [0.1, 0.15) is 18.1 Å². The van der Waals surface area contributed by atoms with E-state index in [0.717, 1.165) is 0 Å². The fourth-order valence-corrected chi connectivity index (χ4v) is 2.62. The van der Waals surface area contributed by atoms with E-state index < -0.39 is 11.8 Å². The molecular weight excluding hydrogens is 440 g/mol. The van der Waals surface area contributed by atoms with Crippen LogP contribution in [0.2, 0.25) is 5.02 Å². The molecule has 7 nitrogen and oxygen atoms in total. The van der Waals surface area contributed by atoms with Gasteiger partial charge in [0, 0.05) is 12.7 Å². The largest absolute Gasteiger partial charge is 0.490 e. The molecule has 0 bridgehead atoms. The van der Waals surface area contributed by atoms with Gasteiger partial charge in [-0.15, -0.1) is 0 Å². The number of hydrazine groups is 1. The van der Waals surface area contributed by atoms with Crippen LogP contribution in [0.1, 0.15) is 10.4 Å². The highest BCUT2D eigenvalue weighted by Crippen LogP contribution is 2.26. The van der Waals surface area contributed by atoms with Gasteiger partial charge < -0.3 is 14.2 Å². The summed E-state index contributed by atoms with van der Waals surface area (Å²) in [5.41, 5.74) is 4.93. The number of benzene rings is 2. The van der Waals surface area contributed by atoms with E-state index in [-0.39, 0.29) is 6.61 Å². The van der Waals surface area contributed by atoms with Crippen LogP contribution in [0.5, 0.6) is 11.5 Å². The Kier molecular flexibility index (Phi) is 8.38. The zero-order valence-corrected chi connectivity index (χ0v) is 16.8. The Balaban J connectivity index is 1.81. The molecular formula is C18H18BrClN2O5. The standard InChI is InChI=1S/C18H18BrClN2O5/c1-25-8-9-26-15-7-6-12(10-13(15)19)18(24)22-21-17(23)11-27-16-5-3-2-4-14(16)20/h2-7,10H,8-9,11H2,1H3,(H,21,23)(H,22,24). The molecule has 0 aliphatic rings. The minimum atomic E-state index is -0.526. The van der Waals surface area contributed by atoms with Crippen molar-refractivity contribution in [3.63, 3.8) is 0 Å². The van der Waals surface area contributed by atoms with Crippen molar-refractivity contribution in [1.29, 1.82) is 0 Å². The highest BCUT2D eigenvalue weighted by atomic mass is 79.9. The molecule has 2 aromatic rings. The highest BCUT2D eigenvalue weighted by molar-refractivity contribution is 9.10. The number of nitrogens with one attached hydrogen (secondary N) is 2. The van der Waals surface area contributed by atoms with E-state index in [2.05, 4.69) is 26.8 Å². The van der Waals surface area contributed by atoms with E-state index in [1.54, 1.807) is 49.6 Å². The van der Waals surface area contributed by atoms with Gasteiger partial charge in [-0.05, 0) is 46.3 Å². The third-order valence-electron chi connectivity index (χ3n) is 3.25. The number of amides is 2. The van der Waals surface area contributed by atoms with Crippen LogP contribution in [0.4, 0.5) is 0 Å². The molecule has 0 unspecified atom stereocenters. The second-order valence-corrected chi connectivity index (χ2v) is 6.47. The summed E-state index contributed by atoms with van der Waals surface area (Å²) in [4.78, 5) is 23.9. The second kappa shape index (κ2) is 10.8. The molecule has 2 N–H and O–H groups in total. The predicted molar refractivity (Wildman–Crippen MR) is 104 cm³/mol. The van der Waals surface area contributed by atoms with Crippen molar-refractivity contribution in [3.05, 3.63) is 57.5 Å². The summed E-state index contributed by atoms with van der Waals surface area (Å²) in [7, 11) is 1.58. The van der Waals surface area contributed by atoms with Crippen molar-refractivity contribution in [2.75, 3.05) is 26.9 Å². The molecule has 0 saturated heterocycles. The first-order valence-corrected chi connectivity index (χ1v) is 9.06. The lowest BCUT2D eigenvalue weighted by Gasteiger charge is -2.11. The number of carbonyl (C=O) groups excluding carboxylic acids is 2. The Labute approximate surface area is 170 Å². The van der Waals surface area contributed by atoms with Crippen molar-refractivity contribution >= 4 is 39.3 Å². The highest BCUT2D eigenvalue weighted by Gasteiger charge is 2.11. The third kappa shape index (κ3) is 6.74. The van der Waals surface area contributed by atoms with Crippen LogP contribution in [0.3, 0.4) is 0 Å². The van der Waals surface area contributed by atoms with Crippen molar-refractivity contribution in [3.8, 4) is 11.5 Å². The van der Waals surface area contributed by atoms with Gasteiger partial charge in [0.2, 0.25) is 0 Å². The minimum Gasteiger partial charge on any atom is -0.490 e. The maximum atomic E-state index is 12.1. The van der Waals surface area contributed by atoms with E-state index in [4.69, 9.17) is 25.8 Å².